The molecule has 0 aliphatic heterocycles. The maximum Gasteiger partial charge on any atom is 0.307 e. The van der Waals surface area contributed by atoms with Gasteiger partial charge in [0.05, 0.1) is 5.92 Å². The van der Waals surface area contributed by atoms with Gasteiger partial charge >= 0.3 is 5.97 Å². The fraction of sp³-hybridized carbons (Fsp3) is 0.923. The summed E-state index contributed by atoms with van der Waals surface area (Å²) in [6, 6.07) is 0. The Morgan fingerprint density at radius 1 is 1.19 bits per heavy atom. The number of rotatable bonds is 3. The maximum atomic E-state index is 11.2. The van der Waals surface area contributed by atoms with Crippen molar-refractivity contribution in [1.82, 2.24) is 0 Å². The standard InChI is InChI=1S/C13H22O2S/c1-9-6-7-11(13(14)15)12(8-9)16-10-4-2-3-5-10/h9-12H,2-8H2,1H3,(H,14,15). The third kappa shape index (κ3) is 2.93. The molecule has 3 atom stereocenters. The molecule has 0 aromatic heterocycles. The van der Waals surface area contributed by atoms with E-state index in [2.05, 4.69) is 6.92 Å². The second-order valence-corrected chi connectivity index (χ2v) is 6.99. The summed E-state index contributed by atoms with van der Waals surface area (Å²) in [6.07, 6.45) is 8.40. The smallest absolute Gasteiger partial charge is 0.307 e. The van der Waals surface area contributed by atoms with Crippen LogP contribution >= 0.6 is 11.8 Å². The van der Waals surface area contributed by atoms with Crippen LogP contribution in [0.15, 0.2) is 0 Å². The first-order valence-corrected chi connectivity index (χ1v) is 7.49. The first-order chi connectivity index (χ1) is 7.66. The van der Waals surface area contributed by atoms with Gasteiger partial charge in [0.2, 0.25) is 0 Å². The lowest BCUT2D eigenvalue weighted by atomic mass is 9.82. The molecular formula is C13H22O2S. The summed E-state index contributed by atoms with van der Waals surface area (Å²) in [7, 11) is 0. The summed E-state index contributed by atoms with van der Waals surface area (Å²) in [5.41, 5.74) is 0. The van der Waals surface area contributed by atoms with Gasteiger partial charge in [0.1, 0.15) is 0 Å². The predicted octanol–water partition coefficient (Wildman–Crippen LogP) is 3.55. The highest BCUT2D eigenvalue weighted by atomic mass is 32.2. The molecule has 1 N–H and O–H groups in total. The van der Waals surface area contributed by atoms with E-state index in [4.69, 9.17) is 0 Å². The van der Waals surface area contributed by atoms with Crippen molar-refractivity contribution in [2.45, 2.75) is 62.4 Å². The molecule has 0 spiro atoms. The summed E-state index contributed by atoms with van der Waals surface area (Å²) in [5.74, 6) is 0.0682. The van der Waals surface area contributed by atoms with Gasteiger partial charge in [-0.05, 0) is 38.0 Å². The lowest BCUT2D eigenvalue weighted by Crippen LogP contribution is -2.33. The topological polar surface area (TPSA) is 37.3 Å². The second kappa shape index (κ2) is 5.44. The summed E-state index contributed by atoms with van der Waals surface area (Å²) in [5, 5.41) is 10.4. The molecule has 92 valence electrons. The molecule has 0 aromatic carbocycles. The molecule has 0 bridgehead atoms. The van der Waals surface area contributed by atoms with Gasteiger partial charge in [-0.3, -0.25) is 4.79 Å². The molecule has 16 heavy (non-hydrogen) atoms. The Bertz CT molecular complexity index is 248. The number of thioether (sulfide) groups is 1. The molecule has 2 aliphatic carbocycles. The molecule has 2 aliphatic rings. The van der Waals surface area contributed by atoms with Crippen LogP contribution in [0.5, 0.6) is 0 Å². The van der Waals surface area contributed by atoms with Gasteiger partial charge in [-0.25, -0.2) is 0 Å². The zero-order valence-electron chi connectivity index (χ0n) is 10.0. The highest BCUT2D eigenvalue weighted by molar-refractivity contribution is 8.00. The van der Waals surface area contributed by atoms with Crippen LogP contribution in [0.3, 0.4) is 0 Å². The molecule has 3 unspecified atom stereocenters. The van der Waals surface area contributed by atoms with Gasteiger partial charge in [-0.1, -0.05) is 19.8 Å². The number of hydrogen-bond acceptors (Lipinski definition) is 2. The molecule has 0 saturated heterocycles. The molecule has 0 radical (unpaired) electrons. The van der Waals surface area contributed by atoms with E-state index in [1.54, 1.807) is 0 Å². The van der Waals surface area contributed by atoms with Crippen molar-refractivity contribution in [3.8, 4) is 0 Å². The number of carbonyl (C=O) groups is 1. The SMILES string of the molecule is CC1CCC(C(=O)O)C(SC2CCCC2)C1. The Balaban J connectivity index is 1.93. The summed E-state index contributed by atoms with van der Waals surface area (Å²) < 4.78 is 0. The monoisotopic (exact) mass is 242 g/mol. The largest absolute Gasteiger partial charge is 0.481 e. The molecule has 0 heterocycles. The van der Waals surface area contributed by atoms with E-state index in [9.17, 15) is 9.90 Å². The Labute approximate surface area is 102 Å². The minimum Gasteiger partial charge on any atom is -0.481 e. The van der Waals surface area contributed by atoms with Crippen LogP contribution in [0.1, 0.15) is 51.9 Å². The van der Waals surface area contributed by atoms with E-state index < -0.39 is 5.97 Å². The van der Waals surface area contributed by atoms with E-state index >= 15 is 0 Å². The lowest BCUT2D eigenvalue weighted by Gasteiger charge is -2.33. The van der Waals surface area contributed by atoms with Crippen LogP contribution in [0.2, 0.25) is 0 Å². The molecule has 3 heteroatoms. The second-order valence-electron chi connectivity index (χ2n) is 5.44. The van der Waals surface area contributed by atoms with Crippen molar-refractivity contribution in [2.75, 3.05) is 0 Å². The summed E-state index contributed by atoms with van der Waals surface area (Å²) in [6.45, 7) is 2.26. The fourth-order valence-corrected chi connectivity index (χ4v) is 5.01. The third-order valence-electron chi connectivity index (χ3n) is 4.04. The van der Waals surface area contributed by atoms with Crippen molar-refractivity contribution in [3.05, 3.63) is 0 Å². The molecule has 2 fully saturated rings. The minimum atomic E-state index is -0.567. The Morgan fingerprint density at radius 2 is 1.88 bits per heavy atom. The van der Waals surface area contributed by atoms with Crippen molar-refractivity contribution in [2.24, 2.45) is 11.8 Å². The average molecular weight is 242 g/mol. The number of hydrogen-bond donors (Lipinski definition) is 1. The van der Waals surface area contributed by atoms with Gasteiger partial charge < -0.3 is 5.11 Å². The van der Waals surface area contributed by atoms with Crippen molar-refractivity contribution in [1.29, 1.82) is 0 Å². The van der Waals surface area contributed by atoms with Crippen LogP contribution in [0.4, 0.5) is 0 Å². The average Bonchev–Trinajstić information content (AvgIpc) is 2.70. The van der Waals surface area contributed by atoms with Gasteiger partial charge in [-0.2, -0.15) is 11.8 Å². The quantitative estimate of drug-likeness (QED) is 0.822. The summed E-state index contributed by atoms with van der Waals surface area (Å²) in [4.78, 5) is 11.2. The first kappa shape index (κ1) is 12.3. The molecule has 2 saturated carbocycles. The highest BCUT2D eigenvalue weighted by Crippen LogP contribution is 2.42. The Kier molecular flexibility index (Phi) is 4.17. The van der Waals surface area contributed by atoms with Gasteiger partial charge in [0, 0.05) is 10.5 Å². The Morgan fingerprint density at radius 3 is 2.50 bits per heavy atom. The van der Waals surface area contributed by atoms with E-state index in [-0.39, 0.29) is 5.92 Å². The highest BCUT2D eigenvalue weighted by Gasteiger charge is 2.35. The summed E-state index contributed by atoms with van der Waals surface area (Å²) >= 11 is 1.99. The first-order valence-electron chi connectivity index (χ1n) is 6.55. The fourth-order valence-electron chi connectivity index (χ4n) is 3.03. The van der Waals surface area contributed by atoms with Crippen LogP contribution in [0, 0.1) is 11.8 Å². The van der Waals surface area contributed by atoms with Crippen LogP contribution in [-0.2, 0) is 4.79 Å². The van der Waals surface area contributed by atoms with Crippen LogP contribution < -0.4 is 0 Å². The van der Waals surface area contributed by atoms with Crippen molar-refractivity contribution >= 4 is 17.7 Å². The number of carboxylic acids is 1. The molecular weight excluding hydrogens is 220 g/mol. The maximum absolute atomic E-state index is 11.2. The van der Waals surface area contributed by atoms with Crippen molar-refractivity contribution < 1.29 is 9.90 Å². The van der Waals surface area contributed by atoms with E-state index in [1.807, 2.05) is 11.8 Å². The molecule has 2 rings (SSSR count). The normalized spacial score (nSPS) is 36.4. The van der Waals surface area contributed by atoms with E-state index in [0.717, 1.165) is 30.4 Å². The minimum absolute atomic E-state index is 0.0817. The van der Waals surface area contributed by atoms with E-state index in [0.29, 0.717) is 5.25 Å². The lowest BCUT2D eigenvalue weighted by molar-refractivity contribution is -0.142. The van der Waals surface area contributed by atoms with Crippen LogP contribution in [0.25, 0.3) is 0 Å². The van der Waals surface area contributed by atoms with E-state index in [1.165, 1.54) is 25.7 Å². The molecule has 0 aromatic rings. The number of aliphatic carboxylic acids is 1. The zero-order valence-corrected chi connectivity index (χ0v) is 10.8. The van der Waals surface area contributed by atoms with Gasteiger partial charge in [0.25, 0.3) is 0 Å². The predicted molar refractivity (Wildman–Crippen MR) is 67.8 cm³/mol. The number of carboxylic acid groups (broad SMARTS) is 1. The zero-order chi connectivity index (χ0) is 11.5. The molecule has 2 nitrogen and oxygen atoms in total. The molecule has 0 amide bonds. The Hall–Kier alpha value is -0.180. The van der Waals surface area contributed by atoms with Crippen molar-refractivity contribution in [3.63, 3.8) is 0 Å². The van der Waals surface area contributed by atoms with Crippen LogP contribution in [-0.4, -0.2) is 21.6 Å². The van der Waals surface area contributed by atoms with Gasteiger partial charge in [0.15, 0.2) is 0 Å². The third-order valence-corrected chi connectivity index (χ3v) is 5.77. The van der Waals surface area contributed by atoms with Gasteiger partial charge in [-0.15, -0.1) is 0 Å².